The summed E-state index contributed by atoms with van der Waals surface area (Å²) < 4.78 is 28.4. The molecular formula is C13H21ClN2O2S. The molecule has 0 spiro atoms. The van der Waals surface area contributed by atoms with E-state index in [1.165, 1.54) is 0 Å². The van der Waals surface area contributed by atoms with E-state index in [9.17, 15) is 8.42 Å². The van der Waals surface area contributed by atoms with E-state index < -0.39 is 10.0 Å². The summed E-state index contributed by atoms with van der Waals surface area (Å²) in [5.41, 5.74) is 0.823. The van der Waals surface area contributed by atoms with Crippen LogP contribution in [0.5, 0.6) is 0 Å². The van der Waals surface area contributed by atoms with Gasteiger partial charge in [0.25, 0.3) is 0 Å². The fraction of sp³-hybridized carbons (Fsp3) is 0.692. The summed E-state index contributed by atoms with van der Waals surface area (Å²) in [6.07, 6.45) is 4.71. The van der Waals surface area contributed by atoms with Crippen LogP contribution in [0.3, 0.4) is 0 Å². The van der Waals surface area contributed by atoms with Gasteiger partial charge in [-0.2, -0.15) is 4.31 Å². The first kappa shape index (κ1) is 14.9. The SMILES string of the molecule is CCC1CCN(S(=O)(=O)c2cc(CCl)n(C)c2)CC1. The number of hydrogen-bond acceptors (Lipinski definition) is 2. The zero-order valence-corrected chi connectivity index (χ0v) is 13.0. The van der Waals surface area contributed by atoms with Crippen molar-refractivity contribution in [1.82, 2.24) is 8.87 Å². The molecular weight excluding hydrogens is 284 g/mol. The van der Waals surface area contributed by atoms with Crippen LogP contribution in [0.4, 0.5) is 0 Å². The Hall–Kier alpha value is -0.520. The van der Waals surface area contributed by atoms with Gasteiger partial charge < -0.3 is 4.57 Å². The van der Waals surface area contributed by atoms with E-state index in [1.807, 2.05) is 7.05 Å². The van der Waals surface area contributed by atoms with Crippen molar-refractivity contribution in [2.45, 2.75) is 37.0 Å². The number of hydrogen-bond donors (Lipinski definition) is 0. The largest absolute Gasteiger partial charge is 0.352 e. The minimum absolute atomic E-state index is 0.323. The minimum atomic E-state index is -3.35. The topological polar surface area (TPSA) is 42.3 Å². The van der Waals surface area contributed by atoms with Crippen LogP contribution in [0.2, 0.25) is 0 Å². The van der Waals surface area contributed by atoms with Crippen LogP contribution in [0.1, 0.15) is 31.9 Å². The van der Waals surface area contributed by atoms with Crippen LogP contribution in [0.25, 0.3) is 0 Å². The summed E-state index contributed by atoms with van der Waals surface area (Å²) in [5, 5.41) is 0. The first-order valence-electron chi connectivity index (χ1n) is 6.70. The van der Waals surface area contributed by atoms with Crippen molar-refractivity contribution in [3.05, 3.63) is 18.0 Å². The number of halogens is 1. The van der Waals surface area contributed by atoms with Crippen LogP contribution >= 0.6 is 11.6 Å². The second-order valence-electron chi connectivity index (χ2n) is 5.17. The molecule has 0 saturated carbocycles. The van der Waals surface area contributed by atoms with Gasteiger partial charge in [0.2, 0.25) is 10.0 Å². The molecule has 0 unspecified atom stereocenters. The molecule has 2 rings (SSSR count). The standard InChI is InChI=1S/C13H21ClN2O2S/c1-3-11-4-6-16(7-5-11)19(17,18)13-8-12(9-14)15(2)10-13/h8,10-11H,3-7,9H2,1-2H3. The van der Waals surface area contributed by atoms with Gasteiger partial charge in [-0.15, -0.1) is 11.6 Å². The maximum Gasteiger partial charge on any atom is 0.244 e. The van der Waals surface area contributed by atoms with E-state index in [1.54, 1.807) is 21.1 Å². The summed E-state index contributed by atoms with van der Waals surface area (Å²) in [5.74, 6) is 0.991. The van der Waals surface area contributed by atoms with E-state index in [2.05, 4.69) is 6.92 Å². The lowest BCUT2D eigenvalue weighted by Crippen LogP contribution is -2.38. The molecule has 1 aromatic heterocycles. The molecule has 0 amide bonds. The van der Waals surface area contributed by atoms with Crippen molar-refractivity contribution in [2.75, 3.05) is 13.1 Å². The zero-order chi connectivity index (χ0) is 14.0. The first-order valence-corrected chi connectivity index (χ1v) is 8.67. The Labute approximate surface area is 120 Å². The summed E-state index contributed by atoms with van der Waals surface area (Å²) in [4.78, 5) is 0.362. The predicted octanol–water partition coefficient (Wildman–Crippen LogP) is 2.57. The Morgan fingerprint density at radius 2 is 2.00 bits per heavy atom. The van der Waals surface area contributed by atoms with Crippen LogP contribution in [0.15, 0.2) is 17.2 Å². The van der Waals surface area contributed by atoms with Gasteiger partial charge in [-0.25, -0.2) is 8.42 Å². The van der Waals surface area contributed by atoms with Crippen LogP contribution in [0, 0.1) is 5.92 Å². The number of nitrogens with zero attached hydrogens (tertiary/aromatic N) is 2. The fourth-order valence-electron chi connectivity index (χ4n) is 2.56. The number of aryl methyl sites for hydroxylation is 1. The van der Waals surface area contributed by atoms with Gasteiger partial charge in [0.15, 0.2) is 0 Å². The molecule has 1 fully saturated rings. The van der Waals surface area contributed by atoms with E-state index in [4.69, 9.17) is 11.6 Å². The summed E-state index contributed by atoms with van der Waals surface area (Å²) in [6.45, 7) is 3.43. The Morgan fingerprint density at radius 1 is 1.37 bits per heavy atom. The number of aromatic nitrogens is 1. The second kappa shape index (κ2) is 5.85. The quantitative estimate of drug-likeness (QED) is 0.802. The zero-order valence-electron chi connectivity index (χ0n) is 11.5. The van der Waals surface area contributed by atoms with E-state index >= 15 is 0 Å². The van der Waals surface area contributed by atoms with Crippen LogP contribution in [-0.2, 0) is 23.0 Å². The Morgan fingerprint density at radius 3 is 2.47 bits per heavy atom. The minimum Gasteiger partial charge on any atom is -0.352 e. The van der Waals surface area contributed by atoms with Gasteiger partial charge in [0.05, 0.1) is 5.88 Å². The highest BCUT2D eigenvalue weighted by atomic mass is 35.5. The second-order valence-corrected chi connectivity index (χ2v) is 7.37. The molecule has 6 heteroatoms. The molecule has 1 saturated heterocycles. The molecule has 4 nitrogen and oxygen atoms in total. The van der Waals surface area contributed by atoms with Gasteiger partial charge in [-0.3, -0.25) is 0 Å². The van der Waals surface area contributed by atoms with Gasteiger partial charge in [0, 0.05) is 32.0 Å². The van der Waals surface area contributed by atoms with Crippen LogP contribution < -0.4 is 0 Å². The normalized spacial score (nSPS) is 18.9. The number of piperidine rings is 1. The average Bonchev–Trinajstić information content (AvgIpc) is 2.81. The molecule has 0 atom stereocenters. The average molecular weight is 305 g/mol. The van der Waals surface area contributed by atoms with E-state index in [-0.39, 0.29) is 0 Å². The molecule has 19 heavy (non-hydrogen) atoms. The molecule has 2 heterocycles. The van der Waals surface area contributed by atoms with E-state index in [0.29, 0.717) is 29.8 Å². The molecule has 1 aliphatic heterocycles. The predicted molar refractivity (Wildman–Crippen MR) is 76.7 cm³/mol. The third-order valence-corrected chi connectivity index (χ3v) is 6.15. The van der Waals surface area contributed by atoms with Gasteiger partial charge in [-0.1, -0.05) is 13.3 Å². The van der Waals surface area contributed by atoms with Crippen LogP contribution in [-0.4, -0.2) is 30.4 Å². The molecule has 0 radical (unpaired) electrons. The monoisotopic (exact) mass is 304 g/mol. The summed E-state index contributed by atoms with van der Waals surface area (Å²) >= 11 is 5.79. The van der Waals surface area contributed by atoms with Crippen molar-refractivity contribution in [3.63, 3.8) is 0 Å². The maximum absolute atomic E-state index is 12.5. The van der Waals surface area contributed by atoms with Gasteiger partial charge in [-0.05, 0) is 24.8 Å². The molecule has 108 valence electrons. The van der Waals surface area contributed by atoms with Crippen molar-refractivity contribution in [2.24, 2.45) is 13.0 Å². The fourth-order valence-corrected chi connectivity index (χ4v) is 4.39. The third-order valence-electron chi connectivity index (χ3n) is 4.01. The number of alkyl halides is 1. The molecule has 0 aromatic carbocycles. The molecule has 0 aliphatic carbocycles. The Kier molecular flexibility index (Phi) is 4.58. The first-order chi connectivity index (χ1) is 8.98. The third kappa shape index (κ3) is 2.98. The molecule has 0 N–H and O–H groups in total. The van der Waals surface area contributed by atoms with Crippen molar-refractivity contribution in [1.29, 1.82) is 0 Å². The van der Waals surface area contributed by atoms with Crippen molar-refractivity contribution in [3.8, 4) is 0 Å². The lowest BCUT2D eigenvalue weighted by Gasteiger charge is -2.30. The molecule has 1 aromatic rings. The number of sulfonamides is 1. The Balaban J connectivity index is 2.18. The van der Waals surface area contributed by atoms with Gasteiger partial charge in [0.1, 0.15) is 4.90 Å². The lowest BCUT2D eigenvalue weighted by atomic mass is 9.96. The lowest BCUT2D eigenvalue weighted by molar-refractivity contribution is 0.269. The maximum atomic E-state index is 12.5. The van der Waals surface area contributed by atoms with Gasteiger partial charge >= 0.3 is 0 Å². The highest BCUT2D eigenvalue weighted by Gasteiger charge is 2.29. The number of rotatable bonds is 4. The van der Waals surface area contributed by atoms with E-state index in [0.717, 1.165) is 25.0 Å². The highest BCUT2D eigenvalue weighted by molar-refractivity contribution is 7.89. The van der Waals surface area contributed by atoms with Crippen molar-refractivity contribution < 1.29 is 8.42 Å². The summed E-state index contributed by atoms with van der Waals surface area (Å²) in [7, 11) is -1.53. The molecule has 1 aliphatic rings. The molecule has 0 bridgehead atoms. The van der Waals surface area contributed by atoms with Crippen molar-refractivity contribution >= 4 is 21.6 Å². The summed E-state index contributed by atoms with van der Waals surface area (Å²) in [6, 6.07) is 1.67. The highest BCUT2D eigenvalue weighted by Crippen LogP contribution is 2.26. The Bertz CT molecular complexity index is 531. The smallest absolute Gasteiger partial charge is 0.244 e.